The van der Waals surface area contributed by atoms with E-state index in [2.05, 4.69) is 0 Å². The molecule has 0 atom stereocenters. The van der Waals surface area contributed by atoms with Gasteiger partial charge in [-0.3, -0.25) is 0 Å². The maximum Gasteiger partial charge on any atom is 0.381 e. The maximum absolute atomic E-state index is 13.2. The Bertz CT molecular complexity index is 2130. The van der Waals surface area contributed by atoms with Crippen LogP contribution in [0.25, 0.3) is 0 Å². The molecule has 0 bridgehead atoms. The molecular weight excluding hydrogens is 1070 g/mol. The number of ether oxygens (including phenoxy) is 1. The Hall–Kier alpha value is -0.425. The van der Waals surface area contributed by atoms with Crippen molar-refractivity contribution in [2.24, 2.45) is 0 Å². The molecule has 0 amide bonds. The molecule has 1 aromatic carbocycles. The van der Waals surface area contributed by atoms with Crippen LogP contribution in [0.1, 0.15) is 12.0 Å². The molecule has 21 nitrogen and oxygen atoms in total. The van der Waals surface area contributed by atoms with Crippen molar-refractivity contribution in [3.8, 4) is 5.75 Å². The first-order valence-corrected chi connectivity index (χ1v) is 65.1. The summed E-state index contributed by atoms with van der Waals surface area (Å²) in [7, 11) is -81.6. The SMILES string of the molecule is COc1ccccc1CCC[Si](C)(C)[Si](=O)[Si](=O)[Si](=O)[Si](=O)[Si](=O)[Si](=O)[Si](=O)[Si](=O)[Si](=O)[Si](=O)[Si](=O)[Si](=O)[Si](=O)[Si](=O)[Si](=O)[Si](=O)[Si](=O)[Si](=O)[Si](=O)[Si]=O. The summed E-state index contributed by atoms with van der Waals surface area (Å²) >= 11 is 0. The number of hydrogen-bond acceptors (Lipinski definition) is 21. The van der Waals surface area contributed by atoms with Crippen LogP contribution in [0.15, 0.2) is 24.3 Å². The van der Waals surface area contributed by atoms with Gasteiger partial charge in [0.05, 0.1) is 7.11 Å². The van der Waals surface area contributed by atoms with Crippen LogP contribution >= 0.6 is 0 Å². The molecule has 54 heavy (non-hydrogen) atoms. The van der Waals surface area contributed by atoms with Gasteiger partial charge in [-0.05, 0) is 18.1 Å². The molecule has 0 saturated heterocycles. The smallest absolute Gasteiger partial charge is 0.381 e. The third-order valence-corrected chi connectivity index (χ3v) is 166. The second kappa shape index (κ2) is 23.2. The molecule has 0 heterocycles. The van der Waals surface area contributed by atoms with Crippen LogP contribution in [-0.2, 0) is 95.7 Å². The molecule has 0 saturated carbocycles. The zero-order chi connectivity index (χ0) is 42.0. The Morgan fingerprint density at radius 3 is 1.09 bits per heavy atom. The molecule has 1 radical (unpaired) electrons. The maximum atomic E-state index is 13.2. The number of hydrogen-bond donors (Lipinski definition) is 0. The Morgan fingerprint density at radius 1 is 0.481 bits per heavy atom. The molecule has 0 fully saturated rings. The summed E-state index contributed by atoms with van der Waals surface area (Å²) < 4.78 is 254. The average molecular weight is 1090 g/mol. The van der Waals surface area contributed by atoms with Crippen LogP contribution in [-0.4, -0.2) is 170 Å². The summed E-state index contributed by atoms with van der Waals surface area (Å²) in [5.74, 6) is 0.611. The monoisotopic (exact) mass is 1090 g/mol. The number of aryl methyl sites for hydroxylation is 1. The number of para-hydroxylation sites is 1. The predicted octanol–water partition coefficient (Wildman–Crippen LogP) is -6.61. The van der Waals surface area contributed by atoms with Crippen molar-refractivity contribution < 1.29 is 94.0 Å². The third-order valence-electron chi connectivity index (χ3n) is 6.86. The van der Waals surface area contributed by atoms with Crippen molar-refractivity contribution in [2.45, 2.75) is 32.0 Å². The van der Waals surface area contributed by atoms with Gasteiger partial charge in [-0.25, -0.2) is 0 Å². The van der Waals surface area contributed by atoms with Gasteiger partial charge in [0.1, 0.15) is 13.3 Å². The van der Waals surface area contributed by atoms with Crippen LogP contribution in [0, 0.1) is 0 Å². The van der Waals surface area contributed by atoms with E-state index in [0.717, 1.165) is 5.56 Å². The van der Waals surface area contributed by atoms with E-state index in [0.29, 0.717) is 24.6 Å². The van der Waals surface area contributed by atoms with Gasteiger partial charge < -0.3 is 94.0 Å². The van der Waals surface area contributed by atoms with Crippen LogP contribution in [0.5, 0.6) is 5.75 Å². The molecule has 0 spiro atoms. The second-order valence-electron chi connectivity index (χ2n) is 10.9. The lowest BCUT2D eigenvalue weighted by atomic mass is 10.1. The van der Waals surface area contributed by atoms with E-state index in [9.17, 15) is 89.2 Å². The van der Waals surface area contributed by atoms with Gasteiger partial charge in [-0.1, -0.05) is 43.8 Å². The quantitative estimate of drug-likeness (QED) is 0.0822. The van der Waals surface area contributed by atoms with Gasteiger partial charge >= 0.3 is 156 Å². The second-order valence-corrected chi connectivity index (χ2v) is 113. The Morgan fingerprint density at radius 2 is 0.778 bits per heavy atom. The van der Waals surface area contributed by atoms with E-state index in [-0.39, 0.29) is 0 Å². The fourth-order valence-electron chi connectivity index (χ4n) is 3.85. The van der Waals surface area contributed by atoms with Crippen LogP contribution in [0.3, 0.4) is 0 Å². The number of benzene rings is 1. The lowest BCUT2D eigenvalue weighted by molar-refractivity contribution is 0.409. The first kappa shape index (κ1) is 51.6. The first-order valence-electron chi connectivity index (χ1n) is 14.2. The standard InChI is InChI=1S/C12H19O21Si21/c1-33-12-9-5-4-7-11(12)8-6-10-54(2,3)53(32)52(31)51(30)50(29)49(28)48(27)47(26)46(25)45(24)44(23)43(22)42(21)41(20)40(19)39(18)38(17)37(16)36(15)35(14)34-13/h4-5,7,9H,6,8,10H2,1-3H3. The molecule has 0 unspecified atom stereocenters. The van der Waals surface area contributed by atoms with E-state index in [1.165, 1.54) is 7.11 Å². The van der Waals surface area contributed by atoms with Crippen molar-refractivity contribution in [2.75, 3.05) is 7.11 Å². The van der Waals surface area contributed by atoms with E-state index in [4.69, 9.17) is 4.74 Å². The minimum Gasteiger partial charge on any atom is -0.496 e. The van der Waals surface area contributed by atoms with Gasteiger partial charge in [0, 0.05) is 0 Å². The highest BCUT2D eigenvalue weighted by Gasteiger charge is 2.56. The fourth-order valence-corrected chi connectivity index (χ4v) is 234. The number of rotatable bonds is 25. The summed E-state index contributed by atoms with van der Waals surface area (Å²) in [4.78, 5) is 0. The minimum atomic E-state index is -4.44. The lowest BCUT2D eigenvalue weighted by Crippen LogP contribution is -2.57. The average Bonchev–Trinajstić information content (AvgIpc) is 3.17. The Kier molecular flexibility index (Phi) is 22.2. The van der Waals surface area contributed by atoms with Gasteiger partial charge in [0.2, 0.25) is 0 Å². The number of methoxy groups -OCH3 is 1. The summed E-state index contributed by atoms with van der Waals surface area (Å²) in [6, 6.07) is 7.41. The van der Waals surface area contributed by atoms with Crippen LogP contribution < -0.4 is 4.74 Å². The topological polar surface area (TPSA) is 351 Å². The van der Waals surface area contributed by atoms with Gasteiger partial charge in [0.25, 0.3) is 0 Å². The van der Waals surface area contributed by atoms with Crippen molar-refractivity contribution in [1.29, 1.82) is 0 Å². The zero-order valence-corrected chi connectivity index (χ0v) is 48.5. The van der Waals surface area contributed by atoms with E-state index >= 15 is 0 Å². The lowest BCUT2D eigenvalue weighted by Gasteiger charge is -2.18. The fraction of sp³-hybridized carbons (Fsp3) is 0.500. The molecule has 0 aliphatic heterocycles. The predicted molar refractivity (Wildman–Crippen MR) is 192 cm³/mol. The molecular formula is C12H19O21Si21. The summed E-state index contributed by atoms with van der Waals surface area (Å²) in [6.45, 7) is 3.19. The van der Waals surface area contributed by atoms with E-state index in [1.54, 1.807) is 31.3 Å². The van der Waals surface area contributed by atoms with Crippen LogP contribution in [0.2, 0.25) is 19.1 Å². The van der Waals surface area contributed by atoms with Crippen molar-refractivity contribution >= 4 is 163 Å². The van der Waals surface area contributed by atoms with Gasteiger partial charge in [-0.2, -0.15) is 0 Å². The van der Waals surface area contributed by atoms with Crippen molar-refractivity contribution in [3.63, 3.8) is 0 Å². The zero-order valence-electron chi connectivity index (χ0n) is 27.5. The van der Waals surface area contributed by atoms with Crippen molar-refractivity contribution in [1.82, 2.24) is 0 Å². The normalized spacial score (nSPS) is 10.4. The molecule has 0 aliphatic carbocycles. The molecule has 1 aromatic rings. The highest BCUT2D eigenvalue weighted by molar-refractivity contribution is 7.83. The Labute approximate surface area is 329 Å². The Balaban J connectivity index is 2.97. The highest BCUT2D eigenvalue weighted by Crippen LogP contribution is 2.22. The van der Waals surface area contributed by atoms with Gasteiger partial charge in [0.15, 0.2) is 0 Å². The summed E-state index contributed by atoms with van der Waals surface area (Å²) in [5.41, 5.74) is 0.842. The molecule has 42 heteroatoms. The summed E-state index contributed by atoms with van der Waals surface area (Å²) in [5, 5.41) is 0. The van der Waals surface area contributed by atoms with Crippen molar-refractivity contribution in [3.05, 3.63) is 29.8 Å². The van der Waals surface area contributed by atoms with E-state index in [1.807, 2.05) is 6.07 Å². The third kappa shape index (κ3) is 13.3. The molecule has 0 aliphatic rings. The largest absolute Gasteiger partial charge is 0.496 e. The van der Waals surface area contributed by atoms with Crippen LogP contribution in [0.4, 0.5) is 0 Å². The van der Waals surface area contributed by atoms with E-state index < -0.39 is 163 Å². The first-order chi connectivity index (χ1) is 24.9. The van der Waals surface area contributed by atoms with Gasteiger partial charge in [-0.15, -0.1) is 0 Å². The molecule has 0 aromatic heterocycles. The molecule has 0 N–H and O–H groups in total. The summed E-state index contributed by atoms with van der Waals surface area (Å²) in [6.07, 6.45) is 0.952. The molecule has 1 rings (SSSR count). The molecule has 277 valence electrons. The highest BCUT2D eigenvalue weighted by atomic mass is 30.1. The minimum absolute atomic E-state index is 0.323.